The van der Waals surface area contributed by atoms with Gasteiger partial charge in [-0.05, 0) is 30.4 Å². The number of nitrogens with one attached hydrogen (secondary N) is 1. The van der Waals surface area contributed by atoms with E-state index in [0.717, 1.165) is 32.6 Å². The predicted octanol–water partition coefficient (Wildman–Crippen LogP) is 0.980. The van der Waals surface area contributed by atoms with E-state index in [1.54, 1.807) is 11.3 Å². The molecule has 1 aromatic heterocycles. The molecule has 2 aliphatic heterocycles. The first-order valence-corrected chi connectivity index (χ1v) is 9.13. The van der Waals surface area contributed by atoms with Crippen LogP contribution >= 0.6 is 11.3 Å². The number of nitrogens with zero attached hydrogens (tertiary/aromatic N) is 3. The average Bonchev–Trinajstić information content (AvgIpc) is 3.03. The number of thiophene rings is 1. The van der Waals surface area contributed by atoms with E-state index in [2.05, 4.69) is 21.7 Å². The Bertz CT molecular complexity index is 566. The summed E-state index contributed by atoms with van der Waals surface area (Å²) in [6.07, 6.45) is 0.976. The first kappa shape index (κ1) is 16.3. The fourth-order valence-corrected chi connectivity index (χ4v) is 4.01. The minimum Gasteiger partial charge on any atom is -0.338 e. The van der Waals surface area contributed by atoms with Crippen LogP contribution in [-0.2, 0) is 17.8 Å². The SMILES string of the molecule is CCNC(=O)N1CCN(CC(=O)N2CCc3sccc3C2)CC1. The molecule has 0 radical (unpaired) electrons. The van der Waals surface area contributed by atoms with Crippen molar-refractivity contribution in [2.24, 2.45) is 0 Å². The molecule has 0 atom stereocenters. The standard InChI is InChI=1S/C16H24N4O2S/c1-2-17-16(22)19-8-6-18(7-9-19)12-15(21)20-5-3-14-13(11-20)4-10-23-14/h4,10H,2-3,5-9,11-12H2,1H3,(H,17,22). The molecule has 1 fully saturated rings. The zero-order chi connectivity index (χ0) is 16.2. The van der Waals surface area contributed by atoms with Crippen LogP contribution < -0.4 is 5.32 Å². The van der Waals surface area contributed by atoms with E-state index < -0.39 is 0 Å². The van der Waals surface area contributed by atoms with Crippen LogP contribution in [-0.4, -0.2) is 72.5 Å². The largest absolute Gasteiger partial charge is 0.338 e. The maximum Gasteiger partial charge on any atom is 0.317 e. The lowest BCUT2D eigenvalue weighted by Crippen LogP contribution is -2.53. The summed E-state index contributed by atoms with van der Waals surface area (Å²) in [5.74, 6) is 0.202. The minimum absolute atomic E-state index is 0.000468. The topological polar surface area (TPSA) is 55.9 Å². The second kappa shape index (κ2) is 7.31. The monoisotopic (exact) mass is 336 g/mol. The van der Waals surface area contributed by atoms with Crippen molar-refractivity contribution in [1.82, 2.24) is 20.0 Å². The molecular formula is C16H24N4O2S. The van der Waals surface area contributed by atoms with Gasteiger partial charge in [-0.3, -0.25) is 9.69 Å². The Hall–Kier alpha value is -1.60. The summed E-state index contributed by atoms with van der Waals surface area (Å²) in [6, 6.07) is 2.13. The van der Waals surface area contributed by atoms with E-state index >= 15 is 0 Å². The molecule has 7 heteroatoms. The fraction of sp³-hybridized carbons (Fsp3) is 0.625. The number of amides is 3. The Balaban J connectivity index is 1.46. The number of fused-ring (bicyclic) bond motifs is 1. The number of hydrogen-bond donors (Lipinski definition) is 1. The molecule has 1 aromatic rings. The van der Waals surface area contributed by atoms with Crippen molar-refractivity contribution in [2.45, 2.75) is 19.9 Å². The molecule has 0 aliphatic carbocycles. The number of rotatable bonds is 3. The third-order valence-electron chi connectivity index (χ3n) is 4.51. The van der Waals surface area contributed by atoms with Crippen LogP contribution in [0.2, 0.25) is 0 Å². The quantitative estimate of drug-likeness (QED) is 0.895. The number of carbonyl (C=O) groups is 2. The first-order chi connectivity index (χ1) is 11.2. The highest BCUT2D eigenvalue weighted by Crippen LogP contribution is 2.24. The molecule has 2 aliphatic rings. The van der Waals surface area contributed by atoms with Gasteiger partial charge in [-0.25, -0.2) is 4.79 Å². The van der Waals surface area contributed by atoms with Gasteiger partial charge in [-0.2, -0.15) is 0 Å². The number of urea groups is 1. The molecule has 0 aromatic carbocycles. The van der Waals surface area contributed by atoms with Crippen molar-refractivity contribution in [1.29, 1.82) is 0 Å². The summed E-state index contributed by atoms with van der Waals surface area (Å²) in [6.45, 7) is 7.51. The van der Waals surface area contributed by atoms with E-state index in [-0.39, 0.29) is 11.9 Å². The molecule has 1 N–H and O–H groups in total. The van der Waals surface area contributed by atoms with Gasteiger partial charge in [0.2, 0.25) is 5.91 Å². The van der Waals surface area contributed by atoms with Gasteiger partial charge < -0.3 is 15.1 Å². The molecular weight excluding hydrogens is 312 g/mol. The molecule has 1 saturated heterocycles. The Labute approximate surface area is 141 Å². The van der Waals surface area contributed by atoms with E-state index in [1.807, 2.05) is 16.7 Å². The van der Waals surface area contributed by atoms with Crippen molar-refractivity contribution in [3.63, 3.8) is 0 Å². The third-order valence-corrected chi connectivity index (χ3v) is 5.53. The van der Waals surface area contributed by atoms with E-state index in [0.29, 0.717) is 26.2 Å². The second-order valence-corrected chi connectivity index (χ2v) is 7.03. The van der Waals surface area contributed by atoms with Crippen molar-refractivity contribution in [3.8, 4) is 0 Å². The van der Waals surface area contributed by atoms with Crippen LogP contribution in [0.5, 0.6) is 0 Å². The summed E-state index contributed by atoms with van der Waals surface area (Å²) in [7, 11) is 0. The van der Waals surface area contributed by atoms with Gasteiger partial charge in [0.15, 0.2) is 0 Å². The second-order valence-electron chi connectivity index (χ2n) is 6.03. The third kappa shape index (κ3) is 3.84. The van der Waals surface area contributed by atoms with Crippen LogP contribution in [0, 0.1) is 0 Å². The molecule has 0 saturated carbocycles. The average molecular weight is 336 g/mol. The van der Waals surface area contributed by atoms with Crippen LogP contribution in [0.3, 0.4) is 0 Å². The van der Waals surface area contributed by atoms with Crippen LogP contribution in [0.25, 0.3) is 0 Å². The van der Waals surface area contributed by atoms with Crippen molar-refractivity contribution >= 4 is 23.3 Å². The summed E-state index contributed by atoms with van der Waals surface area (Å²) in [4.78, 5) is 31.7. The highest BCUT2D eigenvalue weighted by molar-refractivity contribution is 7.10. The van der Waals surface area contributed by atoms with Gasteiger partial charge in [-0.15, -0.1) is 11.3 Å². The lowest BCUT2D eigenvalue weighted by molar-refractivity contribution is -0.133. The number of carbonyl (C=O) groups excluding carboxylic acids is 2. The van der Waals surface area contributed by atoms with Gasteiger partial charge in [0.1, 0.15) is 0 Å². The van der Waals surface area contributed by atoms with Gasteiger partial charge in [-0.1, -0.05) is 0 Å². The molecule has 0 bridgehead atoms. The first-order valence-electron chi connectivity index (χ1n) is 8.25. The minimum atomic E-state index is -0.000468. The summed E-state index contributed by atoms with van der Waals surface area (Å²) in [5.41, 5.74) is 1.30. The Morgan fingerprint density at radius 1 is 1.17 bits per heavy atom. The highest BCUT2D eigenvalue weighted by atomic mass is 32.1. The molecule has 3 amide bonds. The Kier molecular flexibility index (Phi) is 5.17. The van der Waals surface area contributed by atoms with E-state index in [4.69, 9.17) is 0 Å². The van der Waals surface area contributed by atoms with Crippen LogP contribution in [0.1, 0.15) is 17.4 Å². The normalized spacial score (nSPS) is 18.7. The molecule has 0 spiro atoms. The van der Waals surface area contributed by atoms with Crippen LogP contribution in [0.4, 0.5) is 4.79 Å². The van der Waals surface area contributed by atoms with Gasteiger partial charge in [0, 0.05) is 50.7 Å². The lowest BCUT2D eigenvalue weighted by Gasteiger charge is -2.36. The highest BCUT2D eigenvalue weighted by Gasteiger charge is 2.26. The number of piperazine rings is 1. The molecule has 6 nitrogen and oxygen atoms in total. The molecule has 0 unspecified atom stereocenters. The molecule has 23 heavy (non-hydrogen) atoms. The lowest BCUT2D eigenvalue weighted by atomic mass is 10.1. The maximum atomic E-state index is 12.5. The van der Waals surface area contributed by atoms with Crippen molar-refractivity contribution in [3.05, 3.63) is 21.9 Å². The zero-order valence-corrected chi connectivity index (χ0v) is 14.4. The van der Waals surface area contributed by atoms with Crippen molar-refractivity contribution < 1.29 is 9.59 Å². The summed E-state index contributed by atoms with van der Waals surface area (Å²) in [5, 5.41) is 4.93. The maximum absolute atomic E-state index is 12.5. The summed E-state index contributed by atoms with van der Waals surface area (Å²) < 4.78 is 0. The molecule has 126 valence electrons. The molecule has 3 heterocycles. The molecule has 3 rings (SSSR count). The Morgan fingerprint density at radius 3 is 2.70 bits per heavy atom. The van der Waals surface area contributed by atoms with E-state index in [9.17, 15) is 9.59 Å². The smallest absolute Gasteiger partial charge is 0.317 e. The fourth-order valence-electron chi connectivity index (χ4n) is 3.12. The zero-order valence-electron chi connectivity index (χ0n) is 13.6. The van der Waals surface area contributed by atoms with Gasteiger partial charge in [0.05, 0.1) is 6.54 Å². The van der Waals surface area contributed by atoms with Crippen LogP contribution in [0.15, 0.2) is 11.4 Å². The number of hydrogen-bond acceptors (Lipinski definition) is 4. The Morgan fingerprint density at radius 2 is 1.96 bits per heavy atom. The van der Waals surface area contributed by atoms with Gasteiger partial charge >= 0.3 is 6.03 Å². The van der Waals surface area contributed by atoms with Gasteiger partial charge in [0.25, 0.3) is 0 Å². The summed E-state index contributed by atoms with van der Waals surface area (Å²) >= 11 is 1.79. The van der Waals surface area contributed by atoms with Crippen molar-refractivity contribution in [2.75, 3.05) is 45.8 Å². The van der Waals surface area contributed by atoms with E-state index in [1.165, 1.54) is 10.4 Å². The predicted molar refractivity (Wildman–Crippen MR) is 90.5 cm³/mol.